The predicted octanol–water partition coefficient (Wildman–Crippen LogP) is 4.29. The van der Waals surface area contributed by atoms with Gasteiger partial charge in [-0.1, -0.05) is 23.4 Å². The van der Waals surface area contributed by atoms with Crippen molar-refractivity contribution in [1.29, 1.82) is 0 Å². The van der Waals surface area contributed by atoms with Gasteiger partial charge in [0.2, 0.25) is 0 Å². The molecule has 0 spiro atoms. The number of hydrogen-bond donors (Lipinski definition) is 0. The molecule has 0 aliphatic carbocycles. The van der Waals surface area contributed by atoms with E-state index in [4.69, 9.17) is 9.47 Å². The lowest BCUT2D eigenvalue weighted by Gasteiger charge is -2.22. The zero-order chi connectivity index (χ0) is 24.8. The lowest BCUT2D eigenvalue weighted by atomic mass is 10.0. The van der Waals surface area contributed by atoms with Crippen molar-refractivity contribution in [3.8, 4) is 28.7 Å². The number of hydrogen-bond acceptors (Lipinski definition) is 7. The van der Waals surface area contributed by atoms with Crippen molar-refractivity contribution >= 4 is 5.82 Å². The molecular weight excluding hydrogens is 469 g/mol. The number of aromatic nitrogens is 5. The summed E-state index contributed by atoms with van der Waals surface area (Å²) in [6, 6.07) is 12.1. The lowest BCUT2D eigenvalue weighted by Crippen LogP contribution is -2.38. The highest BCUT2D eigenvalue weighted by atomic mass is 19.4. The van der Waals surface area contributed by atoms with Crippen LogP contribution in [-0.2, 0) is 12.7 Å². The molecule has 0 radical (unpaired) electrons. The fraction of sp³-hybridized carbons (Fsp3) is 0.227. The van der Waals surface area contributed by atoms with E-state index < -0.39 is 22.3 Å². The van der Waals surface area contributed by atoms with Crippen LogP contribution in [0.1, 0.15) is 12.5 Å². The minimum absolute atomic E-state index is 0.0544. The molecule has 35 heavy (non-hydrogen) atoms. The van der Waals surface area contributed by atoms with E-state index in [1.807, 2.05) is 0 Å². The van der Waals surface area contributed by atoms with E-state index in [1.54, 1.807) is 35.8 Å². The maximum Gasteiger partial charge on any atom is 0.417 e. The Balaban J connectivity index is 1.26. The summed E-state index contributed by atoms with van der Waals surface area (Å²) >= 11 is 0. The molecule has 4 aromatic rings. The fourth-order valence-corrected chi connectivity index (χ4v) is 3.75. The Bertz CT molecular complexity index is 1370. The third kappa shape index (κ3) is 4.39. The molecule has 1 aliphatic heterocycles. The van der Waals surface area contributed by atoms with Crippen molar-refractivity contribution in [3.63, 3.8) is 0 Å². The van der Waals surface area contributed by atoms with Crippen LogP contribution in [0.25, 0.3) is 16.9 Å². The highest BCUT2D eigenvalue weighted by molar-refractivity contribution is 5.63. The molecule has 1 atom stereocenters. The second-order valence-electron chi connectivity index (χ2n) is 8.19. The Labute approximate surface area is 195 Å². The lowest BCUT2D eigenvalue weighted by molar-refractivity contribution is -0.389. The number of nitro groups is 1. The molecular formula is C22H17F3N6O4. The van der Waals surface area contributed by atoms with Gasteiger partial charge in [-0.3, -0.25) is 4.57 Å². The molecule has 10 nitrogen and oxygen atoms in total. The van der Waals surface area contributed by atoms with E-state index in [-0.39, 0.29) is 29.7 Å². The third-order valence-corrected chi connectivity index (χ3v) is 5.40. The summed E-state index contributed by atoms with van der Waals surface area (Å²) in [6.07, 6.45) is -1.77. The summed E-state index contributed by atoms with van der Waals surface area (Å²) in [5.74, 6) is 0.244. The minimum Gasteiger partial charge on any atom is -0.489 e. The average Bonchev–Trinajstić information content (AvgIpc) is 3.52. The Morgan fingerprint density at radius 3 is 2.60 bits per heavy atom. The number of benzene rings is 2. The quantitative estimate of drug-likeness (QED) is 0.295. The first-order valence-electron chi connectivity index (χ1n) is 10.3. The molecule has 0 fully saturated rings. The number of imidazole rings is 1. The Kier molecular flexibility index (Phi) is 5.19. The summed E-state index contributed by atoms with van der Waals surface area (Å²) < 4.78 is 54.4. The first-order valence-corrected chi connectivity index (χ1v) is 10.3. The van der Waals surface area contributed by atoms with E-state index in [0.717, 1.165) is 6.07 Å². The molecule has 5 rings (SSSR count). The smallest absolute Gasteiger partial charge is 0.417 e. The Hall–Kier alpha value is -4.42. The van der Waals surface area contributed by atoms with Gasteiger partial charge in [0.15, 0.2) is 5.60 Å². The van der Waals surface area contributed by atoms with E-state index in [1.165, 1.54) is 35.3 Å². The van der Waals surface area contributed by atoms with Crippen LogP contribution in [0.5, 0.6) is 11.8 Å². The highest BCUT2D eigenvalue weighted by Gasteiger charge is 2.41. The minimum atomic E-state index is -4.51. The van der Waals surface area contributed by atoms with Crippen LogP contribution in [0, 0.1) is 10.1 Å². The summed E-state index contributed by atoms with van der Waals surface area (Å²) in [4.78, 5) is 14.1. The second kappa shape index (κ2) is 8.11. The van der Waals surface area contributed by atoms with Crippen LogP contribution in [0.4, 0.5) is 19.0 Å². The standard InChI is InChI=1S/C22H17F3N6O4/c1-21(12-29-11-19(31(32)33)26-20(29)35-21)13-34-15-8-6-14(7-9-15)30-10-18(27-28-30)16-4-2-3-5-17(16)22(23,24)25/h2-11H,12-13H2,1H3/t21-/m1/s1. The molecule has 0 saturated carbocycles. The number of alkyl halides is 3. The van der Waals surface area contributed by atoms with E-state index >= 15 is 0 Å². The molecule has 180 valence electrons. The maximum absolute atomic E-state index is 13.3. The van der Waals surface area contributed by atoms with E-state index in [0.29, 0.717) is 18.0 Å². The van der Waals surface area contributed by atoms with Crippen LogP contribution in [0.15, 0.2) is 60.9 Å². The van der Waals surface area contributed by atoms with Gasteiger partial charge in [0.25, 0.3) is 0 Å². The SMILES string of the molecule is C[C@]1(COc2ccc(-n3cc(-c4ccccc4C(F)(F)F)nn3)cc2)Cn2cc([N+](=O)[O-])nc2O1. The fourth-order valence-electron chi connectivity index (χ4n) is 3.75. The van der Waals surface area contributed by atoms with Gasteiger partial charge in [-0.15, -0.1) is 5.10 Å². The molecule has 1 aliphatic rings. The normalized spacial score (nSPS) is 17.1. The first kappa shape index (κ1) is 22.4. The van der Waals surface area contributed by atoms with Gasteiger partial charge in [-0.25, -0.2) is 4.68 Å². The van der Waals surface area contributed by atoms with Gasteiger partial charge in [0.1, 0.15) is 24.2 Å². The van der Waals surface area contributed by atoms with Gasteiger partial charge >= 0.3 is 18.0 Å². The van der Waals surface area contributed by atoms with Crippen molar-refractivity contribution in [2.45, 2.75) is 25.2 Å². The molecule has 0 bridgehead atoms. The summed E-state index contributed by atoms with van der Waals surface area (Å²) in [6.45, 7) is 2.30. The summed E-state index contributed by atoms with van der Waals surface area (Å²) in [5.41, 5.74) is -0.919. The Morgan fingerprint density at radius 1 is 1.17 bits per heavy atom. The maximum atomic E-state index is 13.3. The van der Waals surface area contributed by atoms with Crippen LogP contribution in [-0.4, -0.2) is 41.7 Å². The second-order valence-corrected chi connectivity index (χ2v) is 8.19. The van der Waals surface area contributed by atoms with Gasteiger partial charge in [0.05, 0.1) is 24.0 Å². The zero-order valence-corrected chi connectivity index (χ0v) is 18.1. The molecule has 2 aromatic carbocycles. The molecule has 3 heterocycles. The first-order chi connectivity index (χ1) is 16.6. The topological polar surface area (TPSA) is 110 Å². The van der Waals surface area contributed by atoms with E-state index in [2.05, 4.69) is 15.3 Å². The predicted molar refractivity (Wildman–Crippen MR) is 115 cm³/mol. The van der Waals surface area contributed by atoms with Crippen LogP contribution >= 0.6 is 0 Å². The molecule has 13 heteroatoms. The number of halogens is 3. The van der Waals surface area contributed by atoms with E-state index in [9.17, 15) is 23.3 Å². The van der Waals surface area contributed by atoms with Crippen molar-refractivity contribution in [2.75, 3.05) is 6.61 Å². The van der Waals surface area contributed by atoms with Gasteiger partial charge in [-0.05, 0) is 42.2 Å². The number of ether oxygens (including phenoxy) is 2. The van der Waals surface area contributed by atoms with Crippen molar-refractivity contribution in [3.05, 3.63) is 76.6 Å². The van der Waals surface area contributed by atoms with Gasteiger partial charge in [-0.2, -0.15) is 13.2 Å². The van der Waals surface area contributed by atoms with Crippen molar-refractivity contribution in [2.24, 2.45) is 0 Å². The number of nitrogens with zero attached hydrogens (tertiary/aromatic N) is 6. The summed E-state index contributed by atoms with van der Waals surface area (Å²) in [5, 5.41) is 18.7. The van der Waals surface area contributed by atoms with Crippen molar-refractivity contribution in [1.82, 2.24) is 24.5 Å². The highest BCUT2D eigenvalue weighted by Crippen LogP contribution is 2.36. The number of fused-ring (bicyclic) bond motifs is 1. The van der Waals surface area contributed by atoms with Crippen LogP contribution in [0.2, 0.25) is 0 Å². The monoisotopic (exact) mass is 486 g/mol. The van der Waals surface area contributed by atoms with Gasteiger partial charge < -0.3 is 19.6 Å². The Morgan fingerprint density at radius 2 is 1.91 bits per heavy atom. The van der Waals surface area contributed by atoms with Crippen molar-refractivity contribution < 1.29 is 27.6 Å². The zero-order valence-electron chi connectivity index (χ0n) is 18.1. The average molecular weight is 486 g/mol. The van der Waals surface area contributed by atoms with Crippen LogP contribution < -0.4 is 9.47 Å². The molecule has 0 amide bonds. The number of rotatable bonds is 6. The van der Waals surface area contributed by atoms with Crippen LogP contribution in [0.3, 0.4) is 0 Å². The third-order valence-electron chi connectivity index (χ3n) is 5.40. The molecule has 0 saturated heterocycles. The van der Waals surface area contributed by atoms with Gasteiger partial charge in [0, 0.05) is 10.5 Å². The summed E-state index contributed by atoms with van der Waals surface area (Å²) in [7, 11) is 0. The molecule has 0 unspecified atom stereocenters. The molecule has 2 aromatic heterocycles. The molecule has 0 N–H and O–H groups in total. The largest absolute Gasteiger partial charge is 0.489 e.